The van der Waals surface area contributed by atoms with Crippen molar-refractivity contribution in [3.8, 4) is 50.8 Å². The average molecular weight is 2030 g/mol. The van der Waals surface area contributed by atoms with Crippen molar-refractivity contribution in [2.75, 3.05) is 143 Å². The lowest BCUT2D eigenvalue weighted by molar-refractivity contribution is -0.116. The van der Waals surface area contributed by atoms with Crippen LogP contribution >= 0.6 is 15.9 Å². The van der Waals surface area contributed by atoms with Gasteiger partial charge in [0.25, 0.3) is 5.91 Å². The van der Waals surface area contributed by atoms with Gasteiger partial charge in [0.1, 0.15) is 72.9 Å². The molecule has 8 aromatic heterocycles. The van der Waals surface area contributed by atoms with E-state index in [2.05, 4.69) is 83.7 Å². The van der Waals surface area contributed by atoms with Crippen molar-refractivity contribution in [2.24, 2.45) is 0 Å². The molecule has 0 bridgehead atoms. The minimum Gasteiger partial charge on any atom is -0.497 e. The number of amides is 5. The summed E-state index contributed by atoms with van der Waals surface area (Å²) in [5.74, 6) is -1.73. The van der Waals surface area contributed by atoms with Gasteiger partial charge in [0.15, 0.2) is 22.3 Å². The Balaban J connectivity index is 0.000000153. The number of ether oxygens (including phenoxy) is 6. The fourth-order valence-corrected chi connectivity index (χ4v) is 16.1. The first-order valence-corrected chi connectivity index (χ1v) is 46.8. The molecule has 0 aliphatic rings. The number of carboxylic acids is 1. The summed E-state index contributed by atoms with van der Waals surface area (Å²) >= 11 is 3.47. The maximum Gasteiger partial charge on any atom is 0.348 e. The second-order valence-electron chi connectivity index (χ2n) is 32.4. The number of nitrogens with one attached hydrogen (secondary N) is 9. The summed E-state index contributed by atoms with van der Waals surface area (Å²) in [7, 11) is 9.15. The molecule has 0 aliphatic heterocycles. The number of methoxy groups -OCH3 is 6. The van der Waals surface area contributed by atoms with Gasteiger partial charge in [-0.3, -0.25) is 42.2 Å². The lowest BCUT2D eigenvalue weighted by Gasteiger charge is -2.10. The van der Waals surface area contributed by atoms with Crippen LogP contribution in [0, 0.1) is 0 Å². The molecule has 746 valence electrons. The Morgan fingerprint density at radius 2 is 0.660 bits per heavy atom. The number of furan rings is 4. The van der Waals surface area contributed by atoms with Gasteiger partial charge in [0.05, 0.1) is 104 Å². The Labute approximate surface area is 830 Å². The molecule has 9 aromatic carbocycles. The molecule has 39 nitrogen and oxygen atoms in total. The number of hydrogen-bond donors (Lipinski definition) is 10. The number of likely N-dealkylation sites (N-methyl/N-ethyl adjacent to an activating group) is 4. The quantitative estimate of drug-likeness (QED) is 0.0161. The molecule has 0 unspecified atom stereocenters. The third-order valence-corrected chi connectivity index (χ3v) is 23.3. The number of fused-ring (bicyclic) bond motifs is 12. The third kappa shape index (κ3) is 24.6. The van der Waals surface area contributed by atoms with Crippen LogP contribution in [-0.4, -0.2) is 206 Å². The highest BCUT2D eigenvalue weighted by Crippen LogP contribution is 2.41. The van der Waals surface area contributed by atoms with Crippen molar-refractivity contribution >= 4 is 168 Å². The molecule has 10 N–H and O–H groups in total. The molecule has 0 saturated carbocycles. The van der Waals surface area contributed by atoms with Crippen LogP contribution < -0.4 is 75.3 Å². The number of benzene rings is 9. The highest BCUT2D eigenvalue weighted by Gasteiger charge is 2.28. The van der Waals surface area contributed by atoms with Gasteiger partial charge in [0.2, 0.25) is 23.6 Å². The highest BCUT2D eigenvalue weighted by atomic mass is 79.9. The SMILES string of the molecule is CCNCC(=O)Nc1ccc(-c2nc(=O)n(CCOC)c3c2oc2cc(Br)ccc23)cc1.CCNCC(=O)Nc1ccc(-c2nc(=O)n(CCOC)c3c2oc2cc(C(=O)NCc4cccc(OC)c4)ccc23)cc1.CCNCC(=O)Nc1ccc(-c2nc(=O)n(CCOC)c3c2oc2cc(C(=O)O)ccc23)cc1.CCNCC(=O)Nc1ccc(-c2nc(=O)n(CCOC)c3c2oc2cc(C(=O)OC)ccc23)cc1. The Kier molecular flexibility index (Phi) is 35.2. The first-order valence-electron chi connectivity index (χ1n) is 46.0. The molecule has 0 aliphatic carbocycles. The van der Waals surface area contributed by atoms with Crippen LogP contribution in [0.3, 0.4) is 0 Å². The van der Waals surface area contributed by atoms with Crippen molar-refractivity contribution in [3.63, 3.8) is 0 Å². The van der Waals surface area contributed by atoms with Gasteiger partial charge in [-0.1, -0.05) is 104 Å². The van der Waals surface area contributed by atoms with Gasteiger partial charge < -0.3 is 99.0 Å². The van der Waals surface area contributed by atoms with Gasteiger partial charge in [0, 0.05) is 112 Å². The molecule has 144 heavy (non-hydrogen) atoms. The standard InChI is InChI=1S/C32H33N5O6.C25H26N4O6.C24H24N4O6.C23H23BrN4O4/c1-4-33-19-27(38)35-23-11-8-21(9-12-23)28-30-29(37(14-15-41-2)32(40)36-28)25-13-10-22(17-26(25)43-30)31(39)34-18-20-6-5-7-24(16-20)42-3;1-4-26-14-20(30)27-17-8-5-15(6-9-17)21-23-22(29(11-12-33-2)25(32)28-21)18-10-7-16(24(31)34-3)13-19(18)35-23;1-3-25-13-19(29)26-16-7-4-14(5-8-16)20-22-21(28(10-11-33-2)24(32)27-20)17-9-6-15(23(30)31)12-18(17)34-22;1-3-25-13-19(29)26-16-7-4-14(5-8-16)20-22-21(28(10-11-31-2)23(30)27-20)17-9-6-15(24)12-18(17)32-22/h5-13,16-17,33H,4,14-15,18-19H2,1-3H3,(H,34,39)(H,35,38);5-10,13,26H,4,11-12,14H2,1-3H3,(H,27,30);4-9,12,25H,3,10-11,13H2,1-2H3,(H,26,29)(H,30,31);4-9,12,25H,3,10-11,13H2,1-2H3,(H,26,29). The summed E-state index contributed by atoms with van der Waals surface area (Å²) in [5, 5.41) is 38.2. The molecule has 0 atom stereocenters. The normalized spacial score (nSPS) is 11.2. The van der Waals surface area contributed by atoms with Gasteiger partial charge in [-0.2, -0.15) is 19.9 Å². The average Bonchev–Trinajstić information content (AvgIpc) is 1.59. The zero-order valence-electron chi connectivity index (χ0n) is 80.5. The summed E-state index contributed by atoms with van der Waals surface area (Å²) in [6, 6.07) is 55.9. The van der Waals surface area contributed by atoms with Crippen molar-refractivity contribution in [1.82, 2.24) is 64.8 Å². The summed E-state index contributed by atoms with van der Waals surface area (Å²) < 4.78 is 62.4. The third-order valence-electron chi connectivity index (χ3n) is 22.8. The van der Waals surface area contributed by atoms with Crippen LogP contribution in [0.5, 0.6) is 5.75 Å². The van der Waals surface area contributed by atoms with Gasteiger partial charge in [-0.15, -0.1) is 0 Å². The number of anilines is 4. The van der Waals surface area contributed by atoms with Crippen molar-refractivity contribution < 1.29 is 84.8 Å². The number of rotatable bonds is 38. The number of aromatic carboxylic acids is 1. The van der Waals surface area contributed by atoms with E-state index in [0.29, 0.717) is 220 Å². The number of hydrogen-bond acceptors (Lipinski definition) is 29. The maximum atomic E-state index is 13.2. The Bertz CT molecular complexity index is 7840. The molecule has 0 radical (unpaired) electrons. The zero-order chi connectivity index (χ0) is 102. The fourth-order valence-electron chi connectivity index (χ4n) is 15.8. The van der Waals surface area contributed by atoms with E-state index in [1.807, 2.05) is 82.3 Å². The van der Waals surface area contributed by atoms with Crippen molar-refractivity contribution in [2.45, 2.75) is 60.4 Å². The van der Waals surface area contributed by atoms with Crippen LogP contribution in [0.15, 0.2) is 235 Å². The van der Waals surface area contributed by atoms with E-state index in [1.165, 1.54) is 40.1 Å². The summed E-state index contributed by atoms with van der Waals surface area (Å²) in [4.78, 5) is 154. The molecule has 5 amide bonds. The molecule has 0 spiro atoms. The van der Waals surface area contributed by atoms with E-state index in [-0.39, 0.29) is 93.2 Å². The summed E-state index contributed by atoms with van der Waals surface area (Å²) in [5.41, 5.74) is 12.4. The predicted octanol–water partition coefficient (Wildman–Crippen LogP) is 13.2. The predicted molar refractivity (Wildman–Crippen MR) is 551 cm³/mol. The largest absolute Gasteiger partial charge is 0.497 e. The number of carboxylic acid groups (broad SMARTS) is 1. The Morgan fingerprint density at radius 3 is 0.965 bits per heavy atom. The van der Waals surface area contributed by atoms with Gasteiger partial charge >= 0.3 is 34.7 Å². The van der Waals surface area contributed by atoms with E-state index in [4.69, 9.17) is 46.1 Å². The first-order chi connectivity index (χ1) is 69.8. The minimum atomic E-state index is -1.08. The van der Waals surface area contributed by atoms with E-state index in [1.54, 1.807) is 160 Å². The lowest BCUT2D eigenvalue weighted by Crippen LogP contribution is -2.27. The van der Waals surface area contributed by atoms with Crippen LogP contribution in [0.25, 0.3) is 133 Å². The molecule has 40 heteroatoms. The van der Waals surface area contributed by atoms with Crippen LogP contribution in [0.1, 0.15) is 64.3 Å². The fraction of sp³-hybridized carbons (Fsp3) is 0.260. The summed E-state index contributed by atoms with van der Waals surface area (Å²) in [6.45, 7) is 14.1. The Morgan fingerprint density at radius 1 is 0.361 bits per heavy atom. The zero-order valence-corrected chi connectivity index (χ0v) is 82.1. The number of aromatic nitrogens is 8. The smallest absolute Gasteiger partial charge is 0.348 e. The molecular weight excluding hydrogens is 1920 g/mol. The van der Waals surface area contributed by atoms with E-state index in [0.717, 1.165) is 22.0 Å². The molecule has 17 aromatic rings. The van der Waals surface area contributed by atoms with Crippen molar-refractivity contribution in [1.29, 1.82) is 0 Å². The van der Waals surface area contributed by atoms with Crippen LogP contribution in [0.2, 0.25) is 0 Å². The number of carbonyl (C=O) groups is 7. The van der Waals surface area contributed by atoms with Crippen molar-refractivity contribution in [3.05, 3.63) is 263 Å². The number of esters is 1. The van der Waals surface area contributed by atoms with Gasteiger partial charge in [-0.05, 0) is 165 Å². The number of halogens is 1. The van der Waals surface area contributed by atoms with Gasteiger partial charge in [-0.25, -0.2) is 28.8 Å². The molecular formula is C104H106BrN17O22. The van der Waals surface area contributed by atoms with E-state index < -0.39 is 29.0 Å². The number of nitrogens with zero attached hydrogens (tertiary/aromatic N) is 8. The first kappa shape index (κ1) is 104. The maximum absolute atomic E-state index is 13.2. The molecule has 0 saturated heterocycles. The minimum absolute atomic E-state index is 0.0736. The van der Waals surface area contributed by atoms with Crippen LogP contribution in [0.4, 0.5) is 22.7 Å². The Hall–Kier alpha value is -16.1. The monoisotopic (exact) mass is 2020 g/mol. The summed E-state index contributed by atoms with van der Waals surface area (Å²) in [6.07, 6.45) is 0. The second kappa shape index (κ2) is 48.9. The lowest BCUT2D eigenvalue weighted by atomic mass is 10.1. The van der Waals surface area contributed by atoms with Crippen LogP contribution in [-0.2, 0) is 75.6 Å². The number of carbonyl (C=O) groups excluding carboxylic acids is 6. The second-order valence-corrected chi connectivity index (χ2v) is 33.3. The molecule has 8 heterocycles. The van der Waals surface area contributed by atoms with E-state index in [9.17, 15) is 57.8 Å². The topological polar surface area (TPSA) is 495 Å². The molecule has 0 fully saturated rings. The van der Waals surface area contributed by atoms with E-state index >= 15 is 0 Å². The highest BCUT2D eigenvalue weighted by molar-refractivity contribution is 9.10. The molecule has 17 rings (SSSR count).